The fourth-order valence-electron chi connectivity index (χ4n) is 2.43. The number of benzene rings is 1. The van der Waals surface area contributed by atoms with Crippen molar-refractivity contribution in [3.63, 3.8) is 0 Å². The Labute approximate surface area is 136 Å². The van der Waals surface area contributed by atoms with Crippen molar-refractivity contribution in [3.05, 3.63) is 47.6 Å². The third-order valence-electron chi connectivity index (χ3n) is 3.47. The van der Waals surface area contributed by atoms with Crippen LogP contribution in [0.2, 0.25) is 5.02 Å². The number of aryl methyl sites for hydroxylation is 1. The average molecular weight is 326 g/mol. The normalized spacial score (nSPS) is 11.2. The second kappa shape index (κ2) is 5.06. The van der Waals surface area contributed by atoms with E-state index in [2.05, 4.69) is 25.0 Å². The quantitative estimate of drug-likeness (QED) is 0.590. The monoisotopic (exact) mass is 325 g/mol. The van der Waals surface area contributed by atoms with Gasteiger partial charge in [0.25, 0.3) is 0 Å². The summed E-state index contributed by atoms with van der Waals surface area (Å²) in [5.74, 6) is 0.868. The zero-order valence-electron chi connectivity index (χ0n) is 12.2. The molecule has 0 aliphatic heterocycles. The van der Waals surface area contributed by atoms with Gasteiger partial charge in [-0.05, 0) is 25.1 Å². The molecule has 4 rings (SSSR count). The Morgan fingerprint density at radius 1 is 1.26 bits per heavy atom. The number of H-pyrrole nitrogens is 1. The first-order chi connectivity index (χ1) is 11.1. The van der Waals surface area contributed by atoms with Crippen LogP contribution in [0.25, 0.3) is 28.1 Å². The molecule has 0 bridgehead atoms. The minimum Gasteiger partial charge on any atom is -0.382 e. The van der Waals surface area contributed by atoms with Crippen LogP contribution in [0.5, 0.6) is 0 Å². The molecule has 23 heavy (non-hydrogen) atoms. The summed E-state index contributed by atoms with van der Waals surface area (Å²) < 4.78 is 1.65. The van der Waals surface area contributed by atoms with Crippen molar-refractivity contribution in [1.82, 2.24) is 29.7 Å². The smallest absolute Gasteiger partial charge is 0.182 e. The van der Waals surface area contributed by atoms with E-state index in [0.29, 0.717) is 22.4 Å². The van der Waals surface area contributed by atoms with Gasteiger partial charge in [-0.25, -0.2) is 19.6 Å². The Kier molecular flexibility index (Phi) is 3.02. The van der Waals surface area contributed by atoms with Crippen LogP contribution in [-0.4, -0.2) is 29.7 Å². The van der Waals surface area contributed by atoms with Crippen LogP contribution in [0.15, 0.2) is 36.9 Å². The number of rotatable bonds is 2. The van der Waals surface area contributed by atoms with E-state index in [4.69, 9.17) is 17.3 Å². The number of nitrogen functional groups attached to an aromatic ring is 1. The minimum absolute atomic E-state index is 0.323. The lowest BCUT2D eigenvalue weighted by molar-refractivity contribution is 0.829. The summed E-state index contributed by atoms with van der Waals surface area (Å²) in [6.45, 7) is 1.91. The fourth-order valence-corrected chi connectivity index (χ4v) is 2.70. The summed E-state index contributed by atoms with van der Waals surface area (Å²) in [5.41, 5.74) is 9.65. The van der Waals surface area contributed by atoms with Crippen molar-refractivity contribution in [2.75, 3.05) is 5.73 Å². The second-order valence-corrected chi connectivity index (χ2v) is 5.53. The molecule has 0 aliphatic rings. The Morgan fingerprint density at radius 2 is 2.13 bits per heavy atom. The molecule has 8 heteroatoms. The maximum absolute atomic E-state index is 6.32. The van der Waals surface area contributed by atoms with Gasteiger partial charge in [-0.15, -0.1) is 0 Å². The van der Waals surface area contributed by atoms with Crippen LogP contribution in [0, 0.1) is 6.92 Å². The number of fused-ring (bicyclic) bond motifs is 1. The molecule has 3 heterocycles. The van der Waals surface area contributed by atoms with Crippen molar-refractivity contribution >= 4 is 28.5 Å². The molecular weight excluding hydrogens is 314 g/mol. The molecule has 0 amide bonds. The molecule has 4 aromatic rings. The van der Waals surface area contributed by atoms with Crippen LogP contribution in [0.1, 0.15) is 5.69 Å². The van der Waals surface area contributed by atoms with Crippen LogP contribution >= 0.6 is 11.6 Å². The molecule has 7 nitrogen and oxygen atoms in total. The zero-order valence-corrected chi connectivity index (χ0v) is 12.9. The number of hydrogen-bond acceptors (Lipinski definition) is 5. The van der Waals surface area contributed by atoms with E-state index in [1.165, 1.54) is 6.20 Å². The lowest BCUT2D eigenvalue weighted by atomic mass is 10.1. The SMILES string of the molecule is Cc1ccn(-c2nc(N)cnc2-c2cc(Cl)c3[nH]cnc3c2)n1. The molecule has 114 valence electrons. The van der Waals surface area contributed by atoms with Gasteiger partial charge in [0, 0.05) is 11.8 Å². The minimum atomic E-state index is 0.323. The Morgan fingerprint density at radius 3 is 2.91 bits per heavy atom. The number of hydrogen-bond donors (Lipinski definition) is 2. The van der Waals surface area contributed by atoms with Crippen molar-refractivity contribution in [2.24, 2.45) is 0 Å². The van der Waals surface area contributed by atoms with E-state index < -0.39 is 0 Å². The van der Waals surface area contributed by atoms with E-state index in [1.807, 2.05) is 31.3 Å². The number of aromatic amines is 1. The van der Waals surface area contributed by atoms with E-state index in [9.17, 15) is 0 Å². The van der Waals surface area contributed by atoms with Gasteiger partial charge in [-0.1, -0.05) is 11.6 Å². The molecular formula is C15H12ClN7. The van der Waals surface area contributed by atoms with Gasteiger partial charge in [-0.2, -0.15) is 5.10 Å². The van der Waals surface area contributed by atoms with Gasteiger partial charge < -0.3 is 10.7 Å². The van der Waals surface area contributed by atoms with Crippen LogP contribution in [-0.2, 0) is 0 Å². The highest BCUT2D eigenvalue weighted by Crippen LogP contribution is 2.30. The van der Waals surface area contributed by atoms with Crippen molar-refractivity contribution in [1.29, 1.82) is 0 Å². The third kappa shape index (κ3) is 2.31. The van der Waals surface area contributed by atoms with Crippen molar-refractivity contribution in [2.45, 2.75) is 6.92 Å². The summed E-state index contributed by atoms with van der Waals surface area (Å²) in [5, 5.41) is 4.95. The maximum Gasteiger partial charge on any atom is 0.182 e. The van der Waals surface area contributed by atoms with Gasteiger partial charge in [-0.3, -0.25) is 0 Å². The average Bonchev–Trinajstić information content (AvgIpc) is 3.16. The van der Waals surface area contributed by atoms with Gasteiger partial charge in [0.2, 0.25) is 0 Å². The predicted octanol–water partition coefficient (Wildman–Crippen LogP) is 2.75. The van der Waals surface area contributed by atoms with Crippen LogP contribution in [0.4, 0.5) is 5.82 Å². The largest absolute Gasteiger partial charge is 0.382 e. The standard InChI is InChI=1S/C15H12ClN7/c1-8-2-3-23(22-8)15-13(18-6-12(17)21-15)9-4-10(16)14-11(5-9)19-7-20-14/h2-7H,1H3,(H2,17,21)(H,19,20). The van der Waals surface area contributed by atoms with E-state index in [1.54, 1.807) is 11.0 Å². The summed E-state index contributed by atoms with van der Waals surface area (Å²) in [4.78, 5) is 16.1. The summed E-state index contributed by atoms with van der Waals surface area (Å²) in [6, 6.07) is 5.61. The van der Waals surface area contributed by atoms with Crippen molar-refractivity contribution < 1.29 is 0 Å². The zero-order chi connectivity index (χ0) is 16.0. The van der Waals surface area contributed by atoms with E-state index >= 15 is 0 Å². The number of anilines is 1. The number of imidazole rings is 1. The third-order valence-corrected chi connectivity index (χ3v) is 3.77. The molecule has 3 N–H and O–H groups in total. The first-order valence-corrected chi connectivity index (χ1v) is 7.28. The molecule has 1 aromatic carbocycles. The summed E-state index contributed by atoms with van der Waals surface area (Å²) >= 11 is 6.32. The Bertz CT molecular complexity index is 1020. The molecule has 0 saturated carbocycles. The molecule has 3 aromatic heterocycles. The Hall–Kier alpha value is -2.93. The van der Waals surface area contributed by atoms with Crippen molar-refractivity contribution in [3.8, 4) is 17.1 Å². The maximum atomic E-state index is 6.32. The number of nitrogens with zero attached hydrogens (tertiary/aromatic N) is 5. The molecule has 0 aliphatic carbocycles. The molecule has 0 atom stereocenters. The van der Waals surface area contributed by atoms with Gasteiger partial charge >= 0.3 is 0 Å². The van der Waals surface area contributed by atoms with E-state index in [0.717, 1.165) is 22.3 Å². The topological polar surface area (TPSA) is 98.3 Å². The second-order valence-electron chi connectivity index (χ2n) is 5.12. The van der Waals surface area contributed by atoms with Gasteiger partial charge in [0.1, 0.15) is 11.5 Å². The van der Waals surface area contributed by atoms with Gasteiger partial charge in [0.15, 0.2) is 5.82 Å². The van der Waals surface area contributed by atoms with Gasteiger partial charge in [0.05, 0.1) is 34.3 Å². The highest BCUT2D eigenvalue weighted by molar-refractivity contribution is 6.35. The number of nitrogens with two attached hydrogens (primary N) is 1. The summed E-state index contributed by atoms with van der Waals surface area (Å²) in [6.07, 6.45) is 4.93. The Balaban J connectivity index is 1.97. The first kappa shape index (κ1) is 13.7. The number of halogens is 1. The molecule has 0 spiro atoms. The molecule has 0 unspecified atom stereocenters. The predicted molar refractivity (Wildman–Crippen MR) is 88.4 cm³/mol. The highest BCUT2D eigenvalue weighted by Gasteiger charge is 2.15. The number of nitrogens with one attached hydrogen (secondary N) is 1. The fraction of sp³-hybridized carbons (Fsp3) is 0.0667. The summed E-state index contributed by atoms with van der Waals surface area (Å²) in [7, 11) is 0. The lowest BCUT2D eigenvalue weighted by Crippen LogP contribution is -2.06. The molecule has 0 saturated heterocycles. The number of aromatic nitrogens is 6. The highest BCUT2D eigenvalue weighted by atomic mass is 35.5. The molecule has 0 radical (unpaired) electrons. The van der Waals surface area contributed by atoms with Crippen LogP contribution < -0.4 is 5.73 Å². The van der Waals surface area contributed by atoms with Crippen LogP contribution in [0.3, 0.4) is 0 Å². The lowest BCUT2D eigenvalue weighted by Gasteiger charge is -2.09. The van der Waals surface area contributed by atoms with E-state index in [-0.39, 0.29) is 0 Å². The first-order valence-electron chi connectivity index (χ1n) is 6.90. The molecule has 0 fully saturated rings.